The second-order valence-corrected chi connectivity index (χ2v) is 10.5. The van der Waals surface area contributed by atoms with E-state index in [1.54, 1.807) is 0 Å². The molecule has 0 aliphatic heterocycles. The molecular formula is C21H38BOP. The van der Waals surface area contributed by atoms with Crippen molar-refractivity contribution in [1.29, 1.82) is 0 Å². The summed E-state index contributed by atoms with van der Waals surface area (Å²) in [6.45, 7) is 15.8. The van der Waals surface area contributed by atoms with Gasteiger partial charge in [0.25, 0.3) is 0 Å². The van der Waals surface area contributed by atoms with Gasteiger partial charge in [0, 0.05) is 5.57 Å². The van der Waals surface area contributed by atoms with Gasteiger partial charge in [0.05, 0.1) is 0 Å². The standard InChI is InChI=1S/C21H38BOP/c1-8-15(5)11-10-12-19(14(3)4)21(23)24(22)20-13-16(6)18(9-2)17(20)7/h10-12,14-18,20H,8-9,13,22H2,1-7H3/b11-10-,19-12+. The molecule has 24 heavy (non-hydrogen) atoms. The Hall–Kier alpha value is -0.355. The summed E-state index contributed by atoms with van der Waals surface area (Å²) in [5, 5.41) is 0. The van der Waals surface area contributed by atoms with Crippen LogP contribution in [-0.4, -0.2) is 18.7 Å². The highest BCUT2D eigenvalue weighted by Crippen LogP contribution is 2.54. The molecule has 0 heterocycles. The van der Waals surface area contributed by atoms with E-state index in [9.17, 15) is 4.79 Å². The van der Waals surface area contributed by atoms with Gasteiger partial charge >= 0.3 is 0 Å². The van der Waals surface area contributed by atoms with Crippen LogP contribution in [0.25, 0.3) is 0 Å². The second-order valence-electron chi connectivity index (χ2n) is 8.17. The maximum atomic E-state index is 13.2. The quantitative estimate of drug-likeness (QED) is 0.235. The van der Waals surface area contributed by atoms with Crippen molar-refractivity contribution in [3.63, 3.8) is 0 Å². The number of hydrogen-bond acceptors (Lipinski definition) is 1. The molecule has 0 aromatic carbocycles. The molecule has 0 aromatic heterocycles. The first-order chi connectivity index (χ1) is 11.2. The minimum atomic E-state index is -0.590. The number of hydrogen-bond donors (Lipinski definition) is 0. The lowest BCUT2D eigenvalue weighted by Gasteiger charge is -2.27. The van der Waals surface area contributed by atoms with Crippen molar-refractivity contribution >= 4 is 20.9 Å². The molecule has 1 aliphatic carbocycles. The fraction of sp³-hybridized carbons (Fsp3) is 0.762. The van der Waals surface area contributed by atoms with E-state index in [1.165, 1.54) is 12.8 Å². The van der Waals surface area contributed by atoms with E-state index in [-0.39, 0.29) is 0 Å². The molecule has 0 spiro atoms. The Bertz CT molecular complexity index is 468. The van der Waals surface area contributed by atoms with Crippen LogP contribution in [0, 0.1) is 29.6 Å². The first-order valence-corrected chi connectivity index (χ1v) is 11.8. The van der Waals surface area contributed by atoms with Gasteiger partial charge < -0.3 is 0 Å². The maximum Gasteiger partial charge on any atom is 0.171 e. The Kier molecular flexibility index (Phi) is 9.00. The van der Waals surface area contributed by atoms with Gasteiger partial charge in [-0.2, -0.15) is 0 Å². The van der Waals surface area contributed by atoms with E-state index in [0.717, 1.165) is 23.8 Å². The van der Waals surface area contributed by atoms with Crippen LogP contribution in [0.4, 0.5) is 0 Å². The second kappa shape index (κ2) is 9.96. The average molecular weight is 348 g/mol. The molecule has 6 unspecified atom stereocenters. The Morgan fingerprint density at radius 3 is 2.33 bits per heavy atom. The van der Waals surface area contributed by atoms with E-state index in [2.05, 4.69) is 74.3 Å². The van der Waals surface area contributed by atoms with Gasteiger partial charge in [-0.05, 0) is 41.7 Å². The Balaban J connectivity index is 2.91. The van der Waals surface area contributed by atoms with E-state index >= 15 is 0 Å². The van der Waals surface area contributed by atoms with Crippen LogP contribution in [0.5, 0.6) is 0 Å². The molecule has 1 aliphatic rings. The van der Waals surface area contributed by atoms with Crippen molar-refractivity contribution in [2.45, 2.75) is 73.4 Å². The van der Waals surface area contributed by atoms with Crippen molar-refractivity contribution in [2.24, 2.45) is 29.6 Å². The molecule has 0 radical (unpaired) electrons. The van der Waals surface area contributed by atoms with E-state index in [1.807, 2.05) is 0 Å². The van der Waals surface area contributed by atoms with Crippen molar-refractivity contribution in [3.8, 4) is 0 Å². The van der Waals surface area contributed by atoms with Gasteiger partial charge in [-0.15, -0.1) is 0 Å². The van der Waals surface area contributed by atoms with Crippen LogP contribution in [0.2, 0.25) is 0 Å². The number of allylic oxidation sites excluding steroid dienone is 4. The summed E-state index contributed by atoms with van der Waals surface area (Å²) < 4.78 is 0. The lowest BCUT2D eigenvalue weighted by molar-refractivity contribution is -0.108. The third-order valence-corrected chi connectivity index (χ3v) is 8.72. The highest BCUT2D eigenvalue weighted by atomic mass is 31.1. The summed E-state index contributed by atoms with van der Waals surface area (Å²) in [7, 11) is 1.64. The third kappa shape index (κ3) is 5.32. The zero-order valence-electron chi connectivity index (χ0n) is 17.2. The Morgan fingerprint density at radius 2 is 1.88 bits per heavy atom. The first-order valence-electron chi connectivity index (χ1n) is 9.89. The zero-order chi connectivity index (χ0) is 18.4. The summed E-state index contributed by atoms with van der Waals surface area (Å²) in [4.78, 5) is 13.2. The Labute approximate surface area is 152 Å². The fourth-order valence-electron chi connectivity index (χ4n) is 4.21. The largest absolute Gasteiger partial charge is 0.290 e. The van der Waals surface area contributed by atoms with E-state index < -0.39 is 7.80 Å². The molecule has 0 N–H and O–H groups in total. The Morgan fingerprint density at radius 1 is 1.25 bits per heavy atom. The van der Waals surface area contributed by atoms with Gasteiger partial charge in [0.15, 0.2) is 5.52 Å². The fourth-order valence-corrected chi connectivity index (χ4v) is 6.83. The summed E-state index contributed by atoms with van der Waals surface area (Å²) in [5.41, 5.74) is 2.07. The molecule has 1 saturated carbocycles. The zero-order valence-corrected chi connectivity index (χ0v) is 18.1. The molecule has 1 fully saturated rings. The summed E-state index contributed by atoms with van der Waals surface area (Å²) in [5.74, 6) is 3.14. The predicted octanol–water partition coefficient (Wildman–Crippen LogP) is 5.80. The van der Waals surface area contributed by atoms with Crippen LogP contribution in [-0.2, 0) is 4.79 Å². The minimum absolute atomic E-state index is 0.306. The molecule has 0 saturated heterocycles. The predicted molar refractivity (Wildman–Crippen MR) is 113 cm³/mol. The smallest absolute Gasteiger partial charge is 0.171 e. The summed E-state index contributed by atoms with van der Waals surface area (Å²) >= 11 is 0. The normalized spacial score (nSPS) is 30.9. The van der Waals surface area contributed by atoms with Gasteiger partial charge in [-0.25, -0.2) is 0 Å². The number of carbonyl (C=O) groups excluding carboxylic acids is 1. The minimum Gasteiger partial charge on any atom is -0.290 e. The lowest BCUT2D eigenvalue weighted by atomic mass is 9.89. The van der Waals surface area contributed by atoms with Gasteiger partial charge in [-0.3, -0.25) is 4.79 Å². The highest BCUT2D eigenvalue weighted by molar-refractivity contribution is 7.96. The molecule has 136 valence electrons. The number of carbonyl (C=O) groups is 1. The highest BCUT2D eigenvalue weighted by Gasteiger charge is 2.41. The molecule has 0 amide bonds. The van der Waals surface area contributed by atoms with Gasteiger partial charge in [-0.1, -0.05) is 87.3 Å². The third-order valence-electron chi connectivity index (χ3n) is 6.14. The first kappa shape index (κ1) is 21.7. The van der Waals surface area contributed by atoms with Gasteiger partial charge in [0.2, 0.25) is 0 Å². The van der Waals surface area contributed by atoms with E-state index in [0.29, 0.717) is 28.9 Å². The molecular weight excluding hydrogens is 310 g/mol. The SMILES string of the molecule is BP(C(=O)/C(=C/C=C\C(C)CC)C(C)C)C1CC(C)C(CC)C1C. The summed E-state index contributed by atoms with van der Waals surface area (Å²) in [6.07, 6.45) is 10.1. The molecule has 1 nitrogen and oxygen atoms in total. The molecule has 3 heteroatoms. The average Bonchev–Trinajstić information content (AvgIpc) is 2.83. The van der Waals surface area contributed by atoms with Crippen molar-refractivity contribution < 1.29 is 4.79 Å². The van der Waals surface area contributed by atoms with Gasteiger partial charge in [0.1, 0.15) is 7.57 Å². The van der Waals surface area contributed by atoms with Crippen LogP contribution in [0.1, 0.15) is 67.7 Å². The van der Waals surface area contributed by atoms with Crippen LogP contribution in [0.15, 0.2) is 23.8 Å². The lowest BCUT2D eigenvalue weighted by Crippen LogP contribution is -2.20. The summed E-state index contributed by atoms with van der Waals surface area (Å²) in [6, 6.07) is 0. The van der Waals surface area contributed by atoms with E-state index in [4.69, 9.17) is 0 Å². The van der Waals surface area contributed by atoms with Crippen molar-refractivity contribution in [3.05, 3.63) is 23.8 Å². The maximum absolute atomic E-state index is 13.2. The molecule has 1 rings (SSSR count). The van der Waals surface area contributed by atoms with Crippen LogP contribution < -0.4 is 0 Å². The topological polar surface area (TPSA) is 17.1 Å². The molecule has 0 bridgehead atoms. The molecule has 0 aromatic rings. The molecule has 6 atom stereocenters. The van der Waals surface area contributed by atoms with Crippen molar-refractivity contribution in [2.75, 3.05) is 0 Å². The number of rotatable bonds is 8. The van der Waals surface area contributed by atoms with Crippen LogP contribution in [0.3, 0.4) is 0 Å². The van der Waals surface area contributed by atoms with Crippen LogP contribution >= 0.6 is 7.80 Å². The monoisotopic (exact) mass is 348 g/mol. The van der Waals surface area contributed by atoms with Crippen molar-refractivity contribution in [1.82, 2.24) is 0 Å².